The van der Waals surface area contributed by atoms with E-state index in [1.165, 1.54) is 0 Å². The molecule has 7 heteroatoms. The van der Waals surface area contributed by atoms with E-state index >= 15 is 0 Å². The zero-order valence-corrected chi connectivity index (χ0v) is 20.5. The van der Waals surface area contributed by atoms with E-state index in [0.717, 1.165) is 35.5 Å². The number of hydrogen-bond acceptors (Lipinski definition) is 6. The van der Waals surface area contributed by atoms with Crippen molar-refractivity contribution >= 4 is 11.6 Å². The molecule has 0 amide bonds. The summed E-state index contributed by atoms with van der Waals surface area (Å²) in [4.78, 5) is 2.37. The molecule has 2 heterocycles. The van der Waals surface area contributed by atoms with Crippen LogP contribution in [0.4, 0.5) is 0 Å². The summed E-state index contributed by atoms with van der Waals surface area (Å²) in [7, 11) is 0. The second-order valence-electron chi connectivity index (χ2n) is 8.04. The molecule has 4 atom stereocenters. The van der Waals surface area contributed by atoms with Crippen LogP contribution < -0.4 is 4.74 Å². The Morgan fingerprint density at radius 2 is 1.76 bits per heavy atom. The van der Waals surface area contributed by atoms with Gasteiger partial charge in [-0.15, -0.1) is 0 Å². The summed E-state index contributed by atoms with van der Waals surface area (Å²) in [6.07, 6.45) is -1.24. The normalized spacial score (nSPS) is 24.5. The van der Waals surface area contributed by atoms with E-state index in [0.29, 0.717) is 31.3 Å². The van der Waals surface area contributed by atoms with Crippen molar-refractivity contribution in [1.82, 2.24) is 4.90 Å². The Morgan fingerprint density at radius 3 is 2.39 bits per heavy atom. The minimum Gasteiger partial charge on any atom is -0.494 e. The highest BCUT2D eigenvalue weighted by Crippen LogP contribution is 2.38. The monoisotopic (exact) mass is 477 g/mol. The molecule has 2 aromatic carbocycles. The summed E-state index contributed by atoms with van der Waals surface area (Å²) in [6, 6.07) is 13.9. The van der Waals surface area contributed by atoms with Crippen molar-refractivity contribution in [3.05, 3.63) is 64.2 Å². The van der Waals surface area contributed by atoms with Gasteiger partial charge in [0.05, 0.1) is 38.1 Å². The molecule has 2 fully saturated rings. The van der Waals surface area contributed by atoms with Gasteiger partial charge in [0.2, 0.25) is 0 Å². The van der Waals surface area contributed by atoms with Gasteiger partial charge >= 0.3 is 0 Å². The van der Waals surface area contributed by atoms with Gasteiger partial charge < -0.3 is 24.4 Å². The van der Waals surface area contributed by atoms with Crippen LogP contribution in [0.15, 0.2) is 42.5 Å². The van der Waals surface area contributed by atoms with Crippen LogP contribution in [0.25, 0.3) is 0 Å². The molecule has 33 heavy (non-hydrogen) atoms. The highest BCUT2D eigenvalue weighted by Gasteiger charge is 2.31. The summed E-state index contributed by atoms with van der Waals surface area (Å²) in [6.45, 7) is 9.55. The quantitative estimate of drug-likeness (QED) is 0.627. The first-order valence-corrected chi connectivity index (χ1v) is 12.3. The van der Waals surface area contributed by atoms with Gasteiger partial charge in [0, 0.05) is 31.0 Å². The van der Waals surface area contributed by atoms with E-state index in [1.807, 2.05) is 51.1 Å². The number of halogens is 1. The fourth-order valence-corrected chi connectivity index (χ4v) is 4.62. The molecule has 0 saturated carbocycles. The third-order valence-corrected chi connectivity index (χ3v) is 6.23. The Balaban J connectivity index is 0.00000149. The molecule has 6 nitrogen and oxygen atoms in total. The van der Waals surface area contributed by atoms with E-state index < -0.39 is 12.4 Å². The molecule has 0 bridgehead atoms. The minimum absolute atomic E-state index is 0.0505. The van der Waals surface area contributed by atoms with Gasteiger partial charge in [-0.25, -0.2) is 0 Å². The van der Waals surface area contributed by atoms with Crippen molar-refractivity contribution in [2.75, 3.05) is 32.9 Å². The van der Waals surface area contributed by atoms with Crippen LogP contribution in [0, 0.1) is 0 Å². The lowest BCUT2D eigenvalue weighted by Gasteiger charge is -2.36. The largest absolute Gasteiger partial charge is 0.494 e. The Hall–Kier alpha value is -1.67. The topological polar surface area (TPSA) is 71.4 Å². The van der Waals surface area contributed by atoms with E-state index in [4.69, 9.17) is 25.8 Å². The first-order chi connectivity index (χ1) is 16.0. The zero-order valence-electron chi connectivity index (χ0n) is 19.7. The van der Waals surface area contributed by atoms with Gasteiger partial charge in [0.15, 0.2) is 6.29 Å². The SMILES string of the molecule is CC.CCOc1ccc(C(c2cc([C@H]3CC(O)CC(O)O3)ccc2Cl)N2CCOCC2)cc1. The molecule has 4 rings (SSSR count). The second kappa shape index (κ2) is 12.7. The molecule has 2 aliphatic rings. The average Bonchev–Trinajstić information content (AvgIpc) is 2.83. The van der Waals surface area contributed by atoms with E-state index in [1.54, 1.807) is 0 Å². The predicted molar refractivity (Wildman–Crippen MR) is 130 cm³/mol. The molecule has 0 spiro atoms. The van der Waals surface area contributed by atoms with Crippen LogP contribution in [-0.2, 0) is 9.47 Å². The van der Waals surface area contributed by atoms with Crippen molar-refractivity contribution in [2.24, 2.45) is 0 Å². The summed E-state index contributed by atoms with van der Waals surface area (Å²) in [5.41, 5.74) is 3.00. The molecule has 0 radical (unpaired) electrons. The maximum atomic E-state index is 10.1. The van der Waals surface area contributed by atoms with Crippen LogP contribution in [0.3, 0.4) is 0 Å². The van der Waals surface area contributed by atoms with Crippen LogP contribution in [0.5, 0.6) is 5.75 Å². The Labute approximate surface area is 202 Å². The fraction of sp³-hybridized carbons (Fsp3) is 0.538. The highest BCUT2D eigenvalue weighted by atomic mass is 35.5. The Bertz CT molecular complexity index is 846. The smallest absolute Gasteiger partial charge is 0.157 e. The summed E-state index contributed by atoms with van der Waals surface area (Å²) < 4.78 is 16.9. The van der Waals surface area contributed by atoms with Crippen molar-refractivity contribution in [3.8, 4) is 5.75 Å². The third kappa shape index (κ3) is 6.69. The Kier molecular flexibility index (Phi) is 9.98. The number of aliphatic hydroxyl groups excluding tert-OH is 2. The fourth-order valence-electron chi connectivity index (χ4n) is 4.40. The van der Waals surface area contributed by atoms with Crippen LogP contribution >= 0.6 is 11.6 Å². The van der Waals surface area contributed by atoms with Gasteiger partial charge in [0.25, 0.3) is 0 Å². The average molecular weight is 478 g/mol. The lowest BCUT2D eigenvalue weighted by Crippen LogP contribution is -2.39. The number of morpholine rings is 1. The van der Waals surface area contributed by atoms with Crippen molar-refractivity contribution in [2.45, 2.75) is 58.2 Å². The molecule has 0 aliphatic carbocycles. The number of ether oxygens (including phenoxy) is 3. The lowest BCUT2D eigenvalue weighted by molar-refractivity contribution is -0.191. The van der Waals surface area contributed by atoms with Crippen LogP contribution in [0.2, 0.25) is 5.02 Å². The molecule has 2 saturated heterocycles. The predicted octanol–water partition coefficient (Wildman–Crippen LogP) is 4.72. The highest BCUT2D eigenvalue weighted by molar-refractivity contribution is 6.31. The lowest BCUT2D eigenvalue weighted by atomic mass is 9.92. The van der Waals surface area contributed by atoms with Gasteiger partial charge in [-0.3, -0.25) is 4.90 Å². The van der Waals surface area contributed by atoms with Crippen LogP contribution in [-0.4, -0.2) is 60.4 Å². The van der Waals surface area contributed by atoms with Crippen molar-refractivity contribution < 1.29 is 24.4 Å². The zero-order chi connectivity index (χ0) is 23.8. The maximum absolute atomic E-state index is 10.1. The van der Waals surface area contributed by atoms with Crippen LogP contribution in [0.1, 0.15) is 62.4 Å². The van der Waals surface area contributed by atoms with Gasteiger partial charge in [0.1, 0.15) is 5.75 Å². The first kappa shape index (κ1) is 25.9. The van der Waals surface area contributed by atoms with Crippen molar-refractivity contribution in [1.29, 1.82) is 0 Å². The minimum atomic E-state index is -0.964. The third-order valence-electron chi connectivity index (χ3n) is 5.89. The number of hydrogen-bond donors (Lipinski definition) is 2. The number of aliphatic hydroxyl groups is 2. The molecular weight excluding hydrogens is 442 g/mol. The number of benzene rings is 2. The van der Waals surface area contributed by atoms with E-state index in [-0.39, 0.29) is 18.6 Å². The van der Waals surface area contributed by atoms with Crippen molar-refractivity contribution in [3.63, 3.8) is 0 Å². The van der Waals surface area contributed by atoms with Gasteiger partial charge in [-0.1, -0.05) is 43.6 Å². The summed E-state index contributed by atoms with van der Waals surface area (Å²) in [5.74, 6) is 0.838. The standard InChI is InChI=1S/C24H30ClNO5.C2H6/c1-2-30-19-6-3-16(4-7-19)24(26-9-11-29-12-10-26)20-13-17(5-8-21(20)25)22-14-18(27)15-23(28)31-22;1-2/h3-8,13,18,22-24,27-28H,2,9-12,14-15H2,1H3;1-2H3/t18?,22-,23?,24?;/m1./s1. The van der Waals surface area contributed by atoms with Gasteiger partial charge in [-0.2, -0.15) is 0 Å². The summed E-state index contributed by atoms with van der Waals surface area (Å²) >= 11 is 6.72. The second-order valence-corrected chi connectivity index (χ2v) is 8.45. The maximum Gasteiger partial charge on any atom is 0.157 e. The molecule has 2 aliphatic heterocycles. The molecule has 0 aromatic heterocycles. The Morgan fingerprint density at radius 1 is 1.06 bits per heavy atom. The number of nitrogens with zero attached hydrogens (tertiary/aromatic N) is 1. The molecule has 3 unspecified atom stereocenters. The summed E-state index contributed by atoms with van der Waals surface area (Å²) in [5, 5.41) is 20.7. The van der Waals surface area contributed by atoms with E-state index in [2.05, 4.69) is 17.0 Å². The van der Waals surface area contributed by atoms with Gasteiger partial charge in [-0.05, 0) is 47.9 Å². The van der Waals surface area contributed by atoms with E-state index in [9.17, 15) is 10.2 Å². The molecule has 2 N–H and O–H groups in total. The first-order valence-electron chi connectivity index (χ1n) is 11.9. The molecule has 2 aromatic rings. The molecular formula is C26H36ClNO5. The molecule has 182 valence electrons. The number of rotatable bonds is 6.